The molecule has 0 saturated heterocycles. The number of hydrogen-bond acceptors (Lipinski definition) is 18. The van der Waals surface area contributed by atoms with Crippen molar-refractivity contribution in [1.82, 2.24) is 0 Å². The Morgan fingerprint density at radius 1 is 0.469 bits per heavy atom. The van der Waals surface area contributed by atoms with Crippen molar-refractivity contribution in [2.75, 3.05) is 103 Å². The van der Waals surface area contributed by atoms with E-state index in [1.54, 1.807) is 63.4 Å². The van der Waals surface area contributed by atoms with E-state index in [1.807, 2.05) is 0 Å². The fourth-order valence-electron chi connectivity index (χ4n) is 3.97. The molecule has 6 N–H and O–H groups in total. The summed E-state index contributed by atoms with van der Waals surface area (Å²) in [6.07, 6.45) is -6.36. The van der Waals surface area contributed by atoms with Gasteiger partial charge in [0.1, 0.15) is 37.9 Å². The first-order valence-corrected chi connectivity index (χ1v) is 18.9. The van der Waals surface area contributed by atoms with Crippen LogP contribution in [0.15, 0.2) is 0 Å². The van der Waals surface area contributed by atoms with Gasteiger partial charge in [-0.15, -0.1) is 0 Å². The predicted molar refractivity (Wildman–Crippen MR) is 165 cm³/mol. The normalized spacial score (nSPS) is 16.8. The summed E-state index contributed by atoms with van der Waals surface area (Å²) in [5, 5.41) is 53.5. The van der Waals surface area contributed by atoms with Crippen LogP contribution in [-0.4, -0.2) is 201 Å². The molecular weight excluding hydrogens is 738 g/mol. The van der Waals surface area contributed by atoms with Crippen LogP contribution < -0.4 is 29.4 Å². The van der Waals surface area contributed by atoms with Crippen LogP contribution in [0.2, 0.25) is 0 Å². The largest absolute Gasteiger partial charge is 3.00 e. The summed E-state index contributed by atoms with van der Waals surface area (Å²) in [6, 6.07) is 0. The molecule has 0 aliphatic rings. The molecular formula is C24H57AlN3O18P3. The average molecular weight is 796 g/mol. The number of hydrogen-bond donors (Lipinski definition) is 6. The molecule has 25 heteroatoms. The molecule has 0 aromatic carbocycles. The molecule has 0 heterocycles. The number of likely N-dealkylation sites (N-methyl/N-ethyl adjacent to an activating group) is 3. The maximum Gasteiger partial charge on any atom is 3.00 e. The molecule has 6 atom stereocenters. The maximum atomic E-state index is 10.5. The smallest absolute Gasteiger partial charge is 0.790 e. The molecule has 0 radical (unpaired) electrons. The van der Waals surface area contributed by atoms with Crippen molar-refractivity contribution in [3.05, 3.63) is 0 Å². The van der Waals surface area contributed by atoms with E-state index in [4.69, 9.17) is 15.3 Å². The van der Waals surface area contributed by atoms with E-state index >= 15 is 0 Å². The number of quaternary nitrogens is 3. The SMILES string of the molecule is C[N+](C)(C)CC(CC(O)CO)OP(=O)([O-])[O-].C[N+](C)(C)CC(CC(O)CO)OP(=O)([O-])[O-].C[N+](C)(C)CC(CC(O)CO)OP(=O)([O-])[O-].[Al+3]. The fraction of sp³-hybridized carbons (Fsp3) is 1.00. The van der Waals surface area contributed by atoms with Crippen LogP contribution in [0.4, 0.5) is 0 Å². The minimum atomic E-state index is -5.08. The Morgan fingerprint density at radius 2 is 0.633 bits per heavy atom. The Kier molecular flexibility index (Phi) is 28.4. The van der Waals surface area contributed by atoms with Crippen molar-refractivity contribution in [3.8, 4) is 0 Å². The van der Waals surface area contributed by atoms with Gasteiger partial charge in [0.25, 0.3) is 0 Å². The fourth-order valence-corrected chi connectivity index (χ4v) is 5.52. The summed E-state index contributed by atoms with van der Waals surface area (Å²) < 4.78 is 45.7. The standard InChI is InChI=1S/3C8H20NO6P.Al/c3*1-9(2,3)5-8(4-7(11)6-10)15-16(12,13)14;/h3*7-8,10-11H,4-6H2,1-3H3,(H-,12,13,14);/q;;;+3/p-3. The summed E-state index contributed by atoms with van der Waals surface area (Å²) in [4.78, 5) is 63.0. The zero-order chi connectivity index (χ0) is 38.9. The number of nitrogens with zero attached hydrogens (tertiary/aromatic N) is 3. The molecule has 0 spiro atoms. The Hall–Kier alpha value is 0.502. The van der Waals surface area contributed by atoms with Crippen LogP contribution in [0, 0.1) is 0 Å². The van der Waals surface area contributed by atoms with Crippen LogP contribution in [0.3, 0.4) is 0 Å². The van der Waals surface area contributed by atoms with E-state index in [9.17, 15) is 58.4 Å². The molecule has 6 unspecified atom stereocenters. The average Bonchev–Trinajstić information content (AvgIpc) is 2.77. The van der Waals surface area contributed by atoms with E-state index in [2.05, 4.69) is 13.6 Å². The minimum Gasteiger partial charge on any atom is -0.790 e. The monoisotopic (exact) mass is 795 g/mol. The molecule has 0 bridgehead atoms. The van der Waals surface area contributed by atoms with Crippen molar-refractivity contribution < 1.29 is 101 Å². The van der Waals surface area contributed by atoms with E-state index in [-0.39, 0.29) is 56.3 Å². The third-order valence-electron chi connectivity index (χ3n) is 5.33. The van der Waals surface area contributed by atoms with Gasteiger partial charge in [-0.2, -0.15) is 0 Å². The first-order valence-electron chi connectivity index (χ1n) is 14.5. The van der Waals surface area contributed by atoms with E-state index in [1.165, 1.54) is 0 Å². The van der Waals surface area contributed by atoms with Crippen LogP contribution in [0.5, 0.6) is 0 Å². The summed E-state index contributed by atoms with van der Waals surface area (Å²) in [5.41, 5.74) is 0. The maximum absolute atomic E-state index is 10.5. The van der Waals surface area contributed by atoms with Crippen molar-refractivity contribution in [2.45, 2.75) is 55.9 Å². The van der Waals surface area contributed by atoms with E-state index in [0.717, 1.165) is 0 Å². The molecule has 0 aromatic heterocycles. The van der Waals surface area contributed by atoms with Crippen LogP contribution in [0.1, 0.15) is 19.3 Å². The molecule has 0 amide bonds. The van der Waals surface area contributed by atoms with Gasteiger partial charge in [-0.3, -0.25) is 0 Å². The van der Waals surface area contributed by atoms with Crippen molar-refractivity contribution in [3.63, 3.8) is 0 Å². The Morgan fingerprint density at radius 3 is 0.735 bits per heavy atom. The third kappa shape index (κ3) is 44.6. The zero-order valence-electron chi connectivity index (χ0n) is 29.7. The van der Waals surface area contributed by atoms with E-state index in [0.29, 0.717) is 13.4 Å². The summed E-state index contributed by atoms with van der Waals surface area (Å²) in [5.74, 6) is 0. The van der Waals surface area contributed by atoms with Crippen molar-refractivity contribution in [1.29, 1.82) is 0 Å². The second kappa shape index (κ2) is 24.7. The number of phosphoric ester groups is 3. The van der Waals surface area contributed by atoms with Gasteiger partial charge in [0.2, 0.25) is 0 Å². The molecule has 21 nitrogen and oxygen atoms in total. The second-order valence-corrected chi connectivity index (χ2v) is 17.5. The minimum absolute atomic E-state index is 0. The van der Waals surface area contributed by atoms with Gasteiger partial charge in [0, 0.05) is 19.3 Å². The molecule has 0 aliphatic carbocycles. The predicted octanol–water partition coefficient (Wildman–Crippen LogP) is -7.43. The number of phosphoric acid groups is 3. The quantitative estimate of drug-likeness (QED) is 0.0357. The summed E-state index contributed by atoms with van der Waals surface area (Å²) in [7, 11) is 0.913. The first kappa shape index (κ1) is 56.2. The summed E-state index contributed by atoms with van der Waals surface area (Å²) >= 11 is 0. The van der Waals surface area contributed by atoms with Crippen LogP contribution in [0.25, 0.3) is 0 Å². The van der Waals surface area contributed by atoms with Gasteiger partial charge in [-0.1, -0.05) is 0 Å². The Labute approximate surface area is 299 Å². The number of aliphatic hydroxyl groups is 6. The number of rotatable bonds is 21. The van der Waals surface area contributed by atoms with Crippen molar-refractivity contribution >= 4 is 40.8 Å². The van der Waals surface area contributed by atoms with Gasteiger partial charge in [-0.25, -0.2) is 0 Å². The van der Waals surface area contributed by atoms with Crippen LogP contribution >= 0.6 is 23.5 Å². The molecule has 0 rings (SSSR count). The number of aliphatic hydroxyl groups excluding tert-OH is 6. The van der Waals surface area contributed by atoms with Crippen LogP contribution in [-0.2, 0) is 27.3 Å². The topological polar surface area (TPSA) is 339 Å². The molecule has 0 fully saturated rings. The summed E-state index contributed by atoms with van der Waals surface area (Å²) in [6.45, 7) is -0.778. The Bertz CT molecular complexity index is 873. The Balaban J connectivity index is -0.000000307. The van der Waals surface area contributed by atoms with Gasteiger partial charge >= 0.3 is 17.4 Å². The van der Waals surface area contributed by atoms with Gasteiger partial charge < -0.3 is 101 Å². The second-order valence-electron chi connectivity index (χ2n) is 14.2. The van der Waals surface area contributed by atoms with Gasteiger partial charge in [0.15, 0.2) is 0 Å². The molecule has 294 valence electrons. The van der Waals surface area contributed by atoms with Gasteiger partial charge in [0.05, 0.1) is 125 Å². The first-order chi connectivity index (χ1) is 21.1. The van der Waals surface area contributed by atoms with E-state index < -0.39 is 79.9 Å². The molecule has 0 saturated carbocycles. The van der Waals surface area contributed by atoms with Crippen molar-refractivity contribution in [2.24, 2.45) is 0 Å². The molecule has 0 aliphatic heterocycles. The third-order valence-corrected chi connectivity index (χ3v) is 6.99. The molecule has 0 aromatic rings. The zero-order valence-corrected chi connectivity index (χ0v) is 33.5. The molecule has 49 heavy (non-hydrogen) atoms. The van der Waals surface area contributed by atoms with Gasteiger partial charge in [-0.05, 0) is 0 Å².